The van der Waals surface area contributed by atoms with E-state index in [4.69, 9.17) is 11.6 Å². The maximum absolute atomic E-state index is 13.3. The van der Waals surface area contributed by atoms with Crippen LogP contribution in [-0.4, -0.2) is 38.6 Å². The van der Waals surface area contributed by atoms with Gasteiger partial charge in [-0.05, 0) is 61.9 Å². The Balaban J connectivity index is 1.92. The van der Waals surface area contributed by atoms with E-state index in [1.54, 1.807) is 11.0 Å². The minimum absolute atomic E-state index is 0.0360. The first-order chi connectivity index (χ1) is 13.3. The Morgan fingerprint density at radius 1 is 1.14 bits per heavy atom. The molecule has 5 nitrogen and oxygen atoms in total. The van der Waals surface area contributed by atoms with E-state index in [9.17, 15) is 17.6 Å². The molecule has 0 aromatic heterocycles. The first-order valence-electron chi connectivity index (χ1n) is 8.77. The van der Waals surface area contributed by atoms with Gasteiger partial charge in [-0.15, -0.1) is 11.8 Å². The highest BCUT2D eigenvalue weighted by atomic mass is 35.5. The van der Waals surface area contributed by atoms with E-state index in [1.807, 2.05) is 6.26 Å². The number of piperidine rings is 1. The van der Waals surface area contributed by atoms with Gasteiger partial charge in [-0.25, -0.2) is 12.8 Å². The zero-order valence-electron chi connectivity index (χ0n) is 15.2. The van der Waals surface area contributed by atoms with Crippen LogP contribution in [0.3, 0.4) is 0 Å². The van der Waals surface area contributed by atoms with Gasteiger partial charge in [0.1, 0.15) is 5.82 Å². The Hall–Kier alpha value is -1.77. The maximum atomic E-state index is 13.3. The molecule has 2 aromatic carbocycles. The Morgan fingerprint density at radius 2 is 1.86 bits per heavy atom. The summed E-state index contributed by atoms with van der Waals surface area (Å²) in [5.41, 5.74) is 0.513. The third-order valence-electron chi connectivity index (χ3n) is 4.53. The number of hydrogen-bond donors (Lipinski definition) is 1. The summed E-state index contributed by atoms with van der Waals surface area (Å²) in [4.78, 5) is 15.4. The molecule has 150 valence electrons. The third kappa shape index (κ3) is 4.61. The summed E-state index contributed by atoms with van der Waals surface area (Å²) in [6, 6.07) is 8.05. The minimum Gasteiger partial charge on any atom is -0.339 e. The molecule has 1 heterocycles. The van der Waals surface area contributed by atoms with Gasteiger partial charge in [0.15, 0.2) is 0 Å². The summed E-state index contributed by atoms with van der Waals surface area (Å²) in [5, 5.41) is -0.182. The van der Waals surface area contributed by atoms with Gasteiger partial charge in [0, 0.05) is 18.0 Å². The molecule has 0 spiro atoms. The topological polar surface area (TPSA) is 66.5 Å². The molecular formula is C19H20ClFN2O3S2. The second-order valence-corrected chi connectivity index (χ2v) is 9.39. The lowest BCUT2D eigenvalue weighted by Crippen LogP contribution is -2.36. The van der Waals surface area contributed by atoms with E-state index >= 15 is 0 Å². The Bertz CT molecular complexity index is 993. The van der Waals surface area contributed by atoms with Crippen molar-refractivity contribution in [3.8, 4) is 0 Å². The molecule has 0 bridgehead atoms. The van der Waals surface area contributed by atoms with Gasteiger partial charge in [-0.2, -0.15) is 0 Å². The largest absolute Gasteiger partial charge is 0.339 e. The lowest BCUT2D eigenvalue weighted by molar-refractivity contribution is 0.0720. The van der Waals surface area contributed by atoms with Crippen LogP contribution in [0.2, 0.25) is 5.02 Å². The van der Waals surface area contributed by atoms with Crippen LogP contribution < -0.4 is 4.72 Å². The van der Waals surface area contributed by atoms with Crippen LogP contribution in [0, 0.1) is 5.82 Å². The van der Waals surface area contributed by atoms with Crippen LogP contribution in [0.25, 0.3) is 0 Å². The van der Waals surface area contributed by atoms with Crippen LogP contribution >= 0.6 is 23.4 Å². The average molecular weight is 443 g/mol. The molecule has 1 aliphatic rings. The number of halogens is 2. The number of thioether (sulfide) groups is 1. The molecule has 0 saturated carbocycles. The number of likely N-dealkylation sites (tertiary alicyclic amines) is 1. The zero-order chi connectivity index (χ0) is 20.3. The number of hydrogen-bond acceptors (Lipinski definition) is 4. The zero-order valence-corrected chi connectivity index (χ0v) is 17.6. The molecule has 1 saturated heterocycles. The Labute approximate surface area is 173 Å². The van der Waals surface area contributed by atoms with Gasteiger partial charge < -0.3 is 4.90 Å². The van der Waals surface area contributed by atoms with Gasteiger partial charge in [0.25, 0.3) is 15.9 Å². The molecule has 3 rings (SSSR count). The summed E-state index contributed by atoms with van der Waals surface area (Å²) in [7, 11) is -3.97. The normalized spacial score (nSPS) is 14.8. The predicted octanol–water partition coefficient (Wildman–Crippen LogP) is 4.63. The fourth-order valence-electron chi connectivity index (χ4n) is 3.06. The predicted molar refractivity (Wildman–Crippen MR) is 110 cm³/mol. The van der Waals surface area contributed by atoms with Crippen molar-refractivity contribution < 1.29 is 17.6 Å². The lowest BCUT2D eigenvalue weighted by atomic mass is 10.1. The molecule has 0 unspecified atom stereocenters. The molecule has 1 aliphatic heterocycles. The van der Waals surface area contributed by atoms with Crippen LogP contribution in [0.15, 0.2) is 46.2 Å². The van der Waals surface area contributed by atoms with Crippen molar-refractivity contribution >= 4 is 45.0 Å². The smallest absolute Gasteiger partial charge is 0.261 e. The second kappa shape index (κ2) is 8.71. The highest BCUT2D eigenvalue weighted by Crippen LogP contribution is 2.28. The van der Waals surface area contributed by atoms with Crippen molar-refractivity contribution in [1.82, 2.24) is 4.90 Å². The number of amides is 1. The number of sulfonamides is 1. The monoisotopic (exact) mass is 442 g/mol. The van der Waals surface area contributed by atoms with Gasteiger partial charge >= 0.3 is 0 Å². The molecule has 1 N–H and O–H groups in total. The summed E-state index contributed by atoms with van der Waals surface area (Å²) < 4.78 is 41.2. The van der Waals surface area contributed by atoms with E-state index in [2.05, 4.69) is 4.72 Å². The Kier molecular flexibility index (Phi) is 6.52. The molecule has 1 fully saturated rings. The Morgan fingerprint density at radius 3 is 2.50 bits per heavy atom. The summed E-state index contributed by atoms with van der Waals surface area (Å²) in [5.74, 6) is -0.797. The first kappa shape index (κ1) is 21.0. The molecule has 0 aliphatic carbocycles. The fraction of sp³-hybridized carbons (Fsp3) is 0.316. The van der Waals surface area contributed by atoms with Gasteiger partial charge in [0.2, 0.25) is 0 Å². The van der Waals surface area contributed by atoms with E-state index in [1.165, 1.54) is 36.0 Å². The lowest BCUT2D eigenvalue weighted by Gasteiger charge is -2.27. The summed E-state index contributed by atoms with van der Waals surface area (Å²) in [6.45, 7) is 1.35. The number of carbonyl (C=O) groups excluding carboxylic acids is 1. The van der Waals surface area contributed by atoms with Gasteiger partial charge in [-0.1, -0.05) is 11.6 Å². The van der Waals surface area contributed by atoms with Crippen molar-refractivity contribution in [1.29, 1.82) is 0 Å². The SMILES string of the molecule is CSc1ccc(S(=O)(=O)Nc2ccc(F)c(Cl)c2)cc1C(=O)N1CCCCC1. The van der Waals surface area contributed by atoms with E-state index in [0.29, 0.717) is 18.7 Å². The minimum atomic E-state index is -3.97. The first-order valence-corrected chi connectivity index (χ1v) is 11.9. The van der Waals surface area contributed by atoms with Crippen LogP contribution in [0.4, 0.5) is 10.1 Å². The van der Waals surface area contributed by atoms with E-state index < -0.39 is 15.8 Å². The fourth-order valence-corrected chi connectivity index (χ4v) is 4.89. The van der Waals surface area contributed by atoms with Crippen molar-refractivity contribution in [2.75, 3.05) is 24.1 Å². The summed E-state index contributed by atoms with van der Waals surface area (Å²) >= 11 is 7.11. The number of anilines is 1. The number of nitrogens with one attached hydrogen (secondary N) is 1. The van der Waals surface area contributed by atoms with Crippen LogP contribution in [0.5, 0.6) is 0 Å². The van der Waals surface area contributed by atoms with Crippen molar-refractivity contribution in [3.05, 3.63) is 52.8 Å². The van der Waals surface area contributed by atoms with E-state index in [-0.39, 0.29) is 21.5 Å². The number of nitrogens with zero attached hydrogens (tertiary/aromatic N) is 1. The molecule has 0 atom stereocenters. The molecular weight excluding hydrogens is 423 g/mol. The van der Waals surface area contributed by atoms with Crippen molar-refractivity contribution in [3.63, 3.8) is 0 Å². The standard InChI is InChI=1S/C19H20ClFN2O3S2/c1-27-18-8-6-14(12-15(18)19(24)23-9-3-2-4-10-23)28(25,26)22-13-5-7-17(21)16(20)11-13/h5-8,11-12,22H,2-4,9-10H2,1H3. The molecule has 9 heteroatoms. The second-order valence-electron chi connectivity index (χ2n) is 6.45. The molecule has 2 aromatic rings. The highest BCUT2D eigenvalue weighted by molar-refractivity contribution is 7.98. The highest BCUT2D eigenvalue weighted by Gasteiger charge is 2.24. The third-order valence-corrected chi connectivity index (χ3v) is 6.99. The van der Waals surface area contributed by atoms with Crippen LogP contribution in [0.1, 0.15) is 29.6 Å². The maximum Gasteiger partial charge on any atom is 0.261 e. The van der Waals surface area contributed by atoms with E-state index in [0.717, 1.165) is 30.2 Å². The number of carbonyl (C=O) groups is 1. The number of rotatable bonds is 5. The van der Waals surface area contributed by atoms with Crippen molar-refractivity contribution in [2.24, 2.45) is 0 Å². The van der Waals surface area contributed by atoms with Crippen molar-refractivity contribution in [2.45, 2.75) is 29.1 Å². The van der Waals surface area contributed by atoms with Gasteiger partial charge in [0.05, 0.1) is 21.2 Å². The summed E-state index contributed by atoms with van der Waals surface area (Å²) in [6.07, 6.45) is 4.84. The van der Waals surface area contributed by atoms with Crippen LogP contribution in [-0.2, 0) is 10.0 Å². The molecule has 1 amide bonds. The van der Waals surface area contributed by atoms with Gasteiger partial charge in [-0.3, -0.25) is 9.52 Å². The quantitative estimate of drug-likeness (QED) is 0.685. The average Bonchev–Trinajstić information content (AvgIpc) is 2.70. The molecule has 0 radical (unpaired) electrons. The number of benzene rings is 2. The molecule has 28 heavy (non-hydrogen) atoms.